The van der Waals surface area contributed by atoms with Crippen LogP contribution in [0.15, 0.2) is 133 Å². The zero-order valence-corrected chi connectivity index (χ0v) is 56.6. The molecule has 7 aromatic carbocycles. The Morgan fingerprint density at radius 2 is 0.566 bits per heavy atom. The summed E-state index contributed by atoms with van der Waals surface area (Å²) < 4.78 is 6.94. The van der Waals surface area contributed by atoms with Gasteiger partial charge in [-0.1, -0.05) is 343 Å². The van der Waals surface area contributed by atoms with Crippen LogP contribution in [0, 0.1) is 0 Å². The van der Waals surface area contributed by atoms with Gasteiger partial charge in [0.25, 0.3) is 0 Å². The molecule has 2 unspecified atom stereocenters. The Bertz CT molecular complexity index is 3390. The van der Waals surface area contributed by atoms with Crippen LogP contribution in [0.3, 0.4) is 0 Å². The van der Waals surface area contributed by atoms with E-state index in [4.69, 9.17) is 0 Å². The Labute approximate surface area is 507 Å². The molecule has 0 saturated heterocycles. The van der Waals surface area contributed by atoms with Crippen LogP contribution in [0.1, 0.15) is 234 Å². The van der Waals surface area contributed by atoms with Crippen LogP contribution in [-0.2, 0) is 0 Å². The Balaban J connectivity index is 1.52. The van der Waals surface area contributed by atoms with Gasteiger partial charge in [-0.15, -0.1) is 0 Å². The first-order valence-corrected chi connectivity index (χ1v) is 44.4. The number of unbranched alkanes of at least 4 members (excludes halogenated alkanes) is 24. The second kappa shape index (κ2) is 31.8. The number of benzene rings is 7. The molecule has 0 aliphatic rings. The van der Waals surface area contributed by atoms with Crippen molar-refractivity contribution in [2.75, 3.05) is 0 Å². The fraction of sp³-hybridized carbons (Fsp3) is 0.538. The maximum Gasteiger partial charge on any atom is 0.151 e. The molecule has 0 aliphatic heterocycles. The van der Waals surface area contributed by atoms with E-state index in [9.17, 15) is 0 Å². The molecule has 5 heteroatoms. The molecule has 2 heterocycles. The van der Waals surface area contributed by atoms with Gasteiger partial charge >= 0.3 is 0 Å². The molecule has 0 spiro atoms. The highest BCUT2D eigenvalue weighted by atomic mass is 29.6. The van der Waals surface area contributed by atoms with Crippen molar-refractivity contribution >= 4 is 98.5 Å². The number of aromatic nitrogens is 2. The lowest BCUT2D eigenvalue weighted by atomic mass is 10.0. The van der Waals surface area contributed by atoms with Gasteiger partial charge in [-0.05, 0) is 92.9 Å². The monoisotopic (exact) mass is 1160 g/mol. The third kappa shape index (κ3) is 13.9. The molecule has 9 rings (SSSR count). The third-order valence-electron chi connectivity index (χ3n) is 20.9. The Kier molecular flexibility index (Phi) is 24.2. The minimum absolute atomic E-state index is 1.29. The van der Waals surface area contributed by atoms with Crippen molar-refractivity contribution in [3.05, 3.63) is 133 Å². The van der Waals surface area contributed by atoms with Gasteiger partial charge in [0.05, 0.1) is 7.11 Å². The van der Waals surface area contributed by atoms with Gasteiger partial charge in [-0.3, -0.25) is 0 Å². The first kappa shape index (κ1) is 63.1. The molecule has 0 saturated carbocycles. The SMILES string of the molecule is CCCCCCCC[Si](CCCCCCC)(n1c2cc3ccccc3cc2c2c3ccccc3ccc21)[Si](CCCCCCC)(CCCCCCC)[Si](CCCCCC)(CCCCCCC)n1c2ccccc2c2cc3ccccc3cc21. The Hall–Kier alpha value is -4.43. The molecule has 446 valence electrons. The topological polar surface area (TPSA) is 9.86 Å². The molecule has 0 radical (unpaired) electrons. The molecule has 2 aromatic heterocycles. The summed E-state index contributed by atoms with van der Waals surface area (Å²) in [5.74, 6) is 0. The summed E-state index contributed by atoms with van der Waals surface area (Å²) in [6.07, 6.45) is 41.0. The smallest absolute Gasteiger partial charge is 0.151 e. The van der Waals surface area contributed by atoms with Crippen molar-refractivity contribution in [1.82, 2.24) is 8.47 Å². The second-order valence-electron chi connectivity index (χ2n) is 26.4. The van der Waals surface area contributed by atoms with Crippen LogP contribution in [0.4, 0.5) is 0 Å². The van der Waals surface area contributed by atoms with Gasteiger partial charge in [0.1, 0.15) is 0 Å². The molecule has 0 N–H and O–H groups in total. The van der Waals surface area contributed by atoms with Crippen molar-refractivity contribution in [1.29, 1.82) is 0 Å². The summed E-state index contributed by atoms with van der Waals surface area (Å²) >= 11 is 0. The molecule has 0 aliphatic carbocycles. The molecule has 0 bridgehead atoms. The lowest BCUT2D eigenvalue weighted by Gasteiger charge is -2.60. The minimum Gasteiger partial charge on any atom is -0.370 e. The summed E-state index contributed by atoms with van der Waals surface area (Å²) in [6, 6.07) is 63.8. The number of rotatable bonds is 40. The zero-order chi connectivity index (χ0) is 57.7. The molecule has 2 nitrogen and oxygen atoms in total. The van der Waals surface area contributed by atoms with E-state index in [-0.39, 0.29) is 0 Å². The molecular weight excluding hydrogens is 1050 g/mol. The van der Waals surface area contributed by atoms with Gasteiger partial charge in [0, 0.05) is 43.6 Å². The summed E-state index contributed by atoms with van der Waals surface area (Å²) in [5.41, 5.74) is 6.44. The largest absolute Gasteiger partial charge is 0.370 e. The standard InChI is InChI=1S/C78H112N2Si3/c1-7-13-19-25-30-42-58-82(57-41-27-21-15-9-3,80-75-54-53-65-45-35-36-50-70(65)78(75)73-62-67-47-32-34-49-69(67)64-77(73)80)83(59-43-28-22-16-10-4,60-44-29-23-17-11-5)81(55-39-24-18-12-6,56-40-26-20-14-8-2)79-74-52-38-37-51-71(74)72-61-66-46-31-33-48-68(66)63-76(72)79/h31-38,45-54,61-64H,7-30,39-44,55-60H2,1-6H3. The zero-order valence-electron chi connectivity index (χ0n) is 53.6. The van der Waals surface area contributed by atoms with E-state index in [0.29, 0.717) is 0 Å². The molecular formula is C78H112N2Si3. The first-order chi connectivity index (χ1) is 41.0. The summed E-state index contributed by atoms with van der Waals surface area (Å²) in [4.78, 5) is 0. The molecule has 83 heavy (non-hydrogen) atoms. The van der Waals surface area contributed by atoms with E-state index in [2.05, 4.69) is 183 Å². The minimum atomic E-state index is -2.74. The first-order valence-electron chi connectivity index (χ1n) is 35.2. The normalized spacial score (nSPS) is 13.9. The average molecular weight is 1160 g/mol. The highest BCUT2D eigenvalue weighted by molar-refractivity contribution is 7.69. The van der Waals surface area contributed by atoms with Gasteiger partial charge in [0.15, 0.2) is 15.5 Å². The maximum absolute atomic E-state index is 3.49. The summed E-state index contributed by atoms with van der Waals surface area (Å²) in [7, 11) is -8.06. The van der Waals surface area contributed by atoms with E-state index >= 15 is 0 Å². The van der Waals surface area contributed by atoms with Crippen LogP contribution >= 0.6 is 0 Å². The third-order valence-corrected chi connectivity index (χ3v) is 60.7. The van der Waals surface area contributed by atoms with Gasteiger partial charge in [-0.25, -0.2) is 0 Å². The predicted molar refractivity (Wildman–Crippen MR) is 381 cm³/mol. The predicted octanol–water partition coefficient (Wildman–Crippen LogP) is 26.1. The lowest BCUT2D eigenvalue weighted by Crippen LogP contribution is -2.82. The molecule has 0 amide bonds. The average Bonchev–Trinajstić information content (AvgIpc) is 1.69. The summed E-state index contributed by atoms with van der Waals surface area (Å²) in [5, 5.41) is 14.7. The summed E-state index contributed by atoms with van der Waals surface area (Å²) in [6.45, 7) is 14.6. The van der Waals surface area contributed by atoms with Crippen molar-refractivity contribution in [3.8, 4) is 0 Å². The van der Waals surface area contributed by atoms with Crippen LogP contribution in [0.5, 0.6) is 0 Å². The van der Waals surface area contributed by atoms with Crippen molar-refractivity contribution in [3.63, 3.8) is 0 Å². The fourth-order valence-corrected chi connectivity index (χ4v) is 68.0. The van der Waals surface area contributed by atoms with Crippen LogP contribution < -0.4 is 0 Å². The number of hydrogen-bond acceptors (Lipinski definition) is 0. The molecule has 9 aromatic rings. The lowest BCUT2D eigenvalue weighted by molar-refractivity contribution is 0.618. The quantitative estimate of drug-likeness (QED) is 0.0268. The Morgan fingerprint density at radius 1 is 0.241 bits per heavy atom. The molecule has 0 fully saturated rings. The maximum atomic E-state index is 3.49. The number of fused-ring (bicyclic) bond motifs is 10. The van der Waals surface area contributed by atoms with Crippen molar-refractivity contribution < 1.29 is 0 Å². The van der Waals surface area contributed by atoms with E-state index in [1.807, 2.05) is 0 Å². The highest BCUT2D eigenvalue weighted by Crippen LogP contribution is 2.55. The number of nitrogens with zero attached hydrogens (tertiary/aromatic N) is 2. The fourth-order valence-electron chi connectivity index (χ4n) is 16.8. The van der Waals surface area contributed by atoms with Gasteiger partial charge in [0.2, 0.25) is 0 Å². The van der Waals surface area contributed by atoms with Crippen molar-refractivity contribution in [2.24, 2.45) is 0 Å². The van der Waals surface area contributed by atoms with Crippen LogP contribution in [0.25, 0.3) is 75.9 Å². The van der Waals surface area contributed by atoms with Gasteiger partial charge < -0.3 is 8.47 Å². The van der Waals surface area contributed by atoms with Crippen LogP contribution in [-0.4, -0.2) is 31.1 Å². The van der Waals surface area contributed by atoms with Crippen molar-refractivity contribution in [2.45, 2.75) is 270 Å². The molecule has 2 atom stereocenters. The number of hydrogen-bond donors (Lipinski definition) is 0. The Morgan fingerprint density at radius 3 is 1.02 bits per heavy atom. The van der Waals surface area contributed by atoms with E-state index in [1.54, 1.807) is 27.5 Å². The van der Waals surface area contributed by atoms with E-state index in [0.717, 1.165) is 0 Å². The van der Waals surface area contributed by atoms with E-state index in [1.165, 1.54) is 277 Å². The second-order valence-corrected chi connectivity index (χ2v) is 49.4. The highest BCUT2D eigenvalue weighted by Gasteiger charge is 2.67. The van der Waals surface area contributed by atoms with Gasteiger partial charge in [-0.2, -0.15) is 0 Å². The number of para-hydroxylation sites is 1. The van der Waals surface area contributed by atoms with Crippen LogP contribution in [0.2, 0.25) is 36.3 Å². The van der Waals surface area contributed by atoms with E-state index < -0.39 is 22.6 Å².